The van der Waals surface area contributed by atoms with E-state index in [1.807, 2.05) is 0 Å². The summed E-state index contributed by atoms with van der Waals surface area (Å²) in [6.45, 7) is 6.74. The molecule has 54 valence electrons. The van der Waals surface area contributed by atoms with E-state index in [0.717, 1.165) is 12.0 Å². The van der Waals surface area contributed by atoms with Crippen molar-refractivity contribution in [3.05, 3.63) is 0 Å². The first-order chi connectivity index (χ1) is 4.18. The van der Waals surface area contributed by atoms with Gasteiger partial charge in [-0.1, -0.05) is 20.8 Å². The van der Waals surface area contributed by atoms with Gasteiger partial charge in [-0.15, -0.1) is 0 Å². The lowest BCUT2D eigenvalue weighted by molar-refractivity contribution is 0.229. The van der Waals surface area contributed by atoms with Crippen LogP contribution in [0.15, 0.2) is 0 Å². The van der Waals surface area contributed by atoms with Gasteiger partial charge in [0.15, 0.2) is 0 Å². The van der Waals surface area contributed by atoms with Crippen LogP contribution in [0.3, 0.4) is 0 Å². The number of hydrogen-bond acceptors (Lipinski definition) is 1. The molecule has 1 heteroatoms. The SMILES string of the molecule is CC(C)N[C@H]1C[C@@H](C)C1. The Hall–Kier alpha value is -0.0400. The summed E-state index contributed by atoms with van der Waals surface area (Å²) < 4.78 is 0. The third kappa shape index (κ3) is 1.98. The highest BCUT2D eigenvalue weighted by Crippen LogP contribution is 2.26. The predicted octanol–water partition coefficient (Wildman–Crippen LogP) is 1.78. The highest BCUT2D eigenvalue weighted by molar-refractivity contribution is 4.82. The number of rotatable bonds is 2. The third-order valence-electron chi connectivity index (χ3n) is 1.94. The largest absolute Gasteiger partial charge is 0.312 e. The van der Waals surface area contributed by atoms with Crippen LogP contribution >= 0.6 is 0 Å². The standard InChI is InChI=1S/C8H17N/c1-6(2)9-8-4-7(3)5-8/h6-9H,4-5H2,1-3H3/t7-,8+. The molecule has 0 aromatic carbocycles. The van der Waals surface area contributed by atoms with E-state index in [2.05, 4.69) is 26.1 Å². The molecule has 1 rings (SSSR count). The van der Waals surface area contributed by atoms with Crippen molar-refractivity contribution in [2.45, 2.75) is 45.7 Å². The summed E-state index contributed by atoms with van der Waals surface area (Å²) in [5.74, 6) is 0.973. The molecule has 0 spiro atoms. The topological polar surface area (TPSA) is 12.0 Å². The molecule has 1 N–H and O–H groups in total. The first-order valence-electron chi connectivity index (χ1n) is 3.94. The first-order valence-corrected chi connectivity index (χ1v) is 3.94. The van der Waals surface area contributed by atoms with E-state index in [4.69, 9.17) is 0 Å². The van der Waals surface area contributed by atoms with Gasteiger partial charge in [0.1, 0.15) is 0 Å². The average Bonchev–Trinajstić information content (AvgIpc) is 1.60. The molecular weight excluding hydrogens is 110 g/mol. The second kappa shape index (κ2) is 2.70. The minimum absolute atomic E-state index is 0.669. The quantitative estimate of drug-likeness (QED) is 0.596. The Morgan fingerprint density at radius 3 is 2.22 bits per heavy atom. The molecular formula is C8H17N. The van der Waals surface area contributed by atoms with Crippen molar-refractivity contribution in [2.24, 2.45) is 5.92 Å². The van der Waals surface area contributed by atoms with E-state index in [1.54, 1.807) is 0 Å². The van der Waals surface area contributed by atoms with Crippen molar-refractivity contribution >= 4 is 0 Å². The van der Waals surface area contributed by atoms with Crippen LogP contribution in [0.4, 0.5) is 0 Å². The molecule has 1 aliphatic rings. The third-order valence-corrected chi connectivity index (χ3v) is 1.94. The van der Waals surface area contributed by atoms with E-state index >= 15 is 0 Å². The molecule has 0 aromatic heterocycles. The van der Waals surface area contributed by atoms with E-state index in [-0.39, 0.29) is 0 Å². The van der Waals surface area contributed by atoms with Gasteiger partial charge in [-0.2, -0.15) is 0 Å². The van der Waals surface area contributed by atoms with Gasteiger partial charge in [0.05, 0.1) is 0 Å². The van der Waals surface area contributed by atoms with Crippen LogP contribution in [0.2, 0.25) is 0 Å². The Bertz CT molecular complexity index is 82.6. The van der Waals surface area contributed by atoms with E-state index in [0.29, 0.717) is 6.04 Å². The maximum absolute atomic E-state index is 3.51. The van der Waals surface area contributed by atoms with Crippen molar-refractivity contribution in [1.29, 1.82) is 0 Å². The molecule has 9 heavy (non-hydrogen) atoms. The summed E-state index contributed by atoms with van der Waals surface area (Å²) in [5, 5.41) is 3.51. The molecule has 0 aliphatic heterocycles. The second-order valence-electron chi connectivity index (χ2n) is 3.59. The molecule has 0 saturated heterocycles. The van der Waals surface area contributed by atoms with Crippen LogP contribution < -0.4 is 5.32 Å². The molecule has 0 amide bonds. The van der Waals surface area contributed by atoms with Gasteiger partial charge >= 0.3 is 0 Å². The fourth-order valence-electron chi connectivity index (χ4n) is 1.51. The lowest BCUT2D eigenvalue weighted by Gasteiger charge is -2.34. The van der Waals surface area contributed by atoms with Crippen molar-refractivity contribution in [1.82, 2.24) is 5.32 Å². The van der Waals surface area contributed by atoms with Gasteiger partial charge < -0.3 is 5.32 Å². The normalized spacial score (nSPS) is 34.7. The van der Waals surface area contributed by atoms with Crippen molar-refractivity contribution in [2.75, 3.05) is 0 Å². The molecule has 0 radical (unpaired) electrons. The molecule has 0 aromatic rings. The monoisotopic (exact) mass is 127 g/mol. The van der Waals surface area contributed by atoms with Crippen LogP contribution in [0.1, 0.15) is 33.6 Å². The average molecular weight is 127 g/mol. The van der Waals surface area contributed by atoms with E-state index in [1.165, 1.54) is 12.8 Å². The van der Waals surface area contributed by atoms with Gasteiger partial charge in [-0.25, -0.2) is 0 Å². The zero-order chi connectivity index (χ0) is 6.85. The van der Waals surface area contributed by atoms with Crippen LogP contribution in [-0.4, -0.2) is 12.1 Å². The highest BCUT2D eigenvalue weighted by atomic mass is 14.9. The van der Waals surface area contributed by atoms with Gasteiger partial charge in [0.2, 0.25) is 0 Å². The van der Waals surface area contributed by atoms with Gasteiger partial charge in [0.25, 0.3) is 0 Å². The lowest BCUT2D eigenvalue weighted by Crippen LogP contribution is -2.43. The summed E-state index contributed by atoms with van der Waals surface area (Å²) in [6.07, 6.45) is 2.77. The highest BCUT2D eigenvalue weighted by Gasteiger charge is 2.24. The minimum atomic E-state index is 0.669. The van der Waals surface area contributed by atoms with Crippen LogP contribution in [0.5, 0.6) is 0 Å². The van der Waals surface area contributed by atoms with E-state index in [9.17, 15) is 0 Å². The summed E-state index contributed by atoms with van der Waals surface area (Å²) in [5.41, 5.74) is 0. The fraction of sp³-hybridized carbons (Fsp3) is 1.00. The predicted molar refractivity (Wildman–Crippen MR) is 40.5 cm³/mol. The summed E-state index contributed by atoms with van der Waals surface area (Å²) in [4.78, 5) is 0. The van der Waals surface area contributed by atoms with Crippen molar-refractivity contribution in [3.63, 3.8) is 0 Å². The van der Waals surface area contributed by atoms with E-state index < -0.39 is 0 Å². The molecule has 1 saturated carbocycles. The zero-order valence-electron chi connectivity index (χ0n) is 6.65. The Kier molecular flexibility index (Phi) is 2.12. The molecule has 0 bridgehead atoms. The summed E-state index contributed by atoms with van der Waals surface area (Å²) in [6, 6.07) is 1.50. The zero-order valence-corrected chi connectivity index (χ0v) is 6.65. The first kappa shape index (κ1) is 7.07. The van der Waals surface area contributed by atoms with Gasteiger partial charge in [-0.05, 0) is 18.8 Å². The Labute approximate surface area is 57.8 Å². The smallest absolute Gasteiger partial charge is 0.00745 e. The van der Waals surface area contributed by atoms with Gasteiger partial charge in [-0.3, -0.25) is 0 Å². The Morgan fingerprint density at radius 1 is 1.33 bits per heavy atom. The number of nitrogens with one attached hydrogen (secondary N) is 1. The molecule has 0 heterocycles. The lowest BCUT2D eigenvalue weighted by atomic mass is 9.81. The summed E-state index contributed by atoms with van der Waals surface area (Å²) in [7, 11) is 0. The maximum atomic E-state index is 3.51. The van der Waals surface area contributed by atoms with Crippen molar-refractivity contribution < 1.29 is 0 Å². The maximum Gasteiger partial charge on any atom is 0.00745 e. The minimum Gasteiger partial charge on any atom is -0.312 e. The molecule has 1 fully saturated rings. The van der Waals surface area contributed by atoms with Crippen LogP contribution in [0.25, 0.3) is 0 Å². The molecule has 1 nitrogen and oxygen atoms in total. The number of hydrogen-bond donors (Lipinski definition) is 1. The Balaban J connectivity index is 2.04. The second-order valence-corrected chi connectivity index (χ2v) is 3.59. The Morgan fingerprint density at radius 2 is 1.89 bits per heavy atom. The van der Waals surface area contributed by atoms with Crippen molar-refractivity contribution in [3.8, 4) is 0 Å². The molecule has 0 unspecified atom stereocenters. The fourth-order valence-corrected chi connectivity index (χ4v) is 1.51. The van der Waals surface area contributed by atoms with Gasteiger partial charge in [0, 0.05) is 12.1 Å². The van der Waals surface area contributed by atoms with Crippen LogP contribution in [0, 0.1) is 5.92 Å². The van der Waals surface area contributed by atoms with Crippen LogP contribution in [-0.2, 0) is 0 Å². The molecule has 0 atom stereocenters. The summed E-state index contributed by atoms with van der Waals surface area (Å²) >= 11 is 0. The molecule has 1 aliphatic carbocycles.